The number of carbonyl (C=O) groups excluding carboxylic acids is 1. The zero-order valence-electron chi connectivity index (χ0n) is 14.0. The molecule has 1 aliphatic carbocycles. The number of sulfonamides is 1. The summed E-state index contributed by atoms with van der Waals surface area (Å²) >= 11 is 5.81. The van der Waals surface area contributed by atoms with Gasteiger partial charge in [0.1, 0.15) is 0 Å². The highest BCUT2D eigenvalue weighted by atomic mass is 35.5. The molecule has 0 radical (unpaired) electrons. The Balaban J connectivity index is 1.64. The number of carbonyl (C=O) groups is 1. The Labute approximate surface area is 153 Å². The smallest absolute Gasteiger partial charge is 0.240 e. The third-order valence-corrected chi connectivity index (χ3v) is 6.33. The Hall–Kier alpha value is -1.69. The molecule has 2 aromatic carbocycles. The van der Waals surface area contributed by atoms with Gasteiger partial charge in [-0.3, -0.25) is 4.79 Å². The van der Waals surface area contributed by atoms with Crippen LogP contribution >= 0.6 is 11.6 Å². The number of halogens is 1. The summed E-state index contributed by atoms with van der Waals surface area (Å²) in [6.45, 7) is 1.95. The lowest BCUT2D eigenvalue weighted by Crippen LogP contribution is -2.31. The summed E-state index contributed by atoms with van der Waals surface area (Å²) in [5.41, 5.74) is 1.78. The van der Waals surface area contributed by atoms with E-state index >= 15 is 0 Å². The number of Topliss-reactive ketones (excluding diaryl/α,β-unsaturated/α-hetero) is 1. The zero-order valence-corrected chi connectivity index (χ0v) is 15.5. The van der Waals surface area contributed by atoms with Crippen molar-refractivity contribution in [2.24, 2.45) is 5.41 Å². The molecule has 0 saturated heterocycles. The molecule has 132 valence electrons. The molecule has 6 heteroatoms. The van der Waals surface area contributed by atoms with Crippen LogP contribution in [0, 0.1) is 5.41 Å². The highest BCUT2D eigenvalue weighted by molar-refractivity contribution is 7.89. The van der Waals surface area contributed by atoms with Crippen LogP contribution in [0.4, 0.5) is 0 Å². The average molecular weight is 378 g/mol. The minimum absolute atomic E-state index is 0.0305. The largest absolute Gasteiger partial charge is 0.295 e. The Bertz CT molecular complexity index is 870. The van der Waals surface area contributed by atoms with E-state index in [1.807, 2.05) is 24.3 Å². The second-order valence-electron chi connectivity index (χ2n) is 6.71. The second-order valence-corrected chi connectivity index (χ2v) is 8.91. The molecule has 2 aromatic rings. The first-order valence-electron chi connectivity index (χ1n) is 8.15. The van der Waals surface area contributed by atoms with Crippen molar-refractivity contribution in [2.75, 3.05) is 6.54 Å². The quantitative estimate of drug-likeness (QED) is 0.745. The second kappa shape index (κ2) is 6.90. The minimum Gasteiger partial charge on any atom is -0.295 e. The van der Waals surface area contributed by atoms with Crippen LogP contribution in [-0.4, -0.2) is 20.7 Å². The molecule has 4 nitrogen and oxygen atoms in total. The van der Waals surface area contributed by atoms with Crippen LogP contribution in [0.3, 0.4) is 0 Å². The van der Waals surface area contributed by atoms with Crippen LogP contribution < -0.4 is 4.72 Å². The molecule has 0 heterocycles. The van der Waals surface area contributed by atoms with Gasteiger partial charge in [-0.2, -0.15) is 0 Å². The van der Waals surface area contributed by atoms with Gasteiger partial charge in [-0.05, 0) is 61.4 Å². The Morgan fingerprint density at radius 2 is 1.68 bits per heavy atom. The van der Waals surface area contributed by atoms with E-state index in [9.17, 15) is 13.2 Å². The van der Waals surface area contributed by atoms with Gasteiger partial charge >= 0.3 is 0 Å². The summed E-state index contributed by atoms with van der Waals surface area (Å²) < 4.78 is 27.5. The van der Waals surface area contributed by atoms with Crippen LogP contribution in [0.2, 0.25) is 5.02 Å². The summed E-state index contributed by atoms with van der Waals surface area (Å²) in [7, 11) is -3.53. The number of hydrogen-bond acceptors (Lipinski definition) is 3. The van der Waals surface area contributed by atoms with Crippen molar-refractivity contribution in [2.45, 2.75) is 31.1 Å². The van der Waals surface area contributed by atoms with Gasteiger partial charge in [0.15, 0.2) is 5.78 Å². The molecule has 0 aliphatic heterocycles. The number of benzene rings is 2. The highest BCUT2D eigenvalue weighted by Crippen LogP contribution is 2.48. The Kier molecular flexibility index (Phi) is 5.00. The molecule has 0 spiro atoms. The van der Waals surface area contributed by atoms with Gasteiger partial charge in [0.25, 0.3) is 0 Å². The molecule has 1 N–H and O–H groups in total. The summed E-state index contributed by atoms with van der Waals surface area (Å²) in [5, 5.41) is 0.506. The van der Waals surface area contributed by atoms with Crippen LogP contribution in [0.5, 0.6) is 0 Å². The standard InChI is InChI=1S/C19H20ClNO3S/c1-14(22)16-4-2-15(3-5-16)12-19(10-11-19)13-21-25(23,24)18-8-6-17(20)7-9-18/h2-9,21H,10-13H2,1H3. The maximum absolute atomic E-state index is 12.4. The van der Waals surface area contributed by atoms with E-state index in [2.05, 4.69) is 4.72 Å². The predicted octanol–water partition coefficient (Wildman–Crippen LogP) is 3.84. The molecule has 3 rings (SSSR count). The predicted molar refractivity (Wildman–Crippen MR) is 98.5 cm³/mol. The third kappa shape index (κ3) is 4.48. The molecule has 1 fully saturated rings. The van der Waals surface area contributed by atoms with E-state index in [1.165, 1.54) is 12.1 Å². The molecule has 0 amide bonds. The normalized spacial score (nSPS) is 15.8. The van der Waals surface area contributed by atoms with Crippen LogP contribution in [0.25, 0.3) is 0 Å². The minimum atomic E-state index is -3.53. The third-order valence-electron chi connectivity index (χ3n) is 4.66. The molecular formula is C19H20ClNO3S. The first kappa shape index (κ1) is 18.1. The van der Waals surface area contributed by atoms with Crippen molar-refractivity contribution in [3.63, 3.8) is 0 Å². The Morgan fingerprint density at radius 3 is 2.20 bits per heavy atom. The summed E-state index contributed by atoms with van der Waals surface area (Å²) in [5.74, 6) is 0.0448. The van der Waals surface area contributed by atoms with Crippen LogP contribution in [-0.2, 0) is 16.4 Å². The van der Waals surface area contributed by atoms with E-state index < -0.39 is 10.0 Å². The van der Waals surface area contributed by atoms with E-state index in [-0.39, 0.29) is 16.1 Å². The highest BCUT2D eigenvalue weighted by Gasteiger charge is 2.43. The molecule has 0 unspecified atom stereocenters. The monoisotopic (exact) mass is 377 g/mol. The van der Waals surface area contributed by atoms with Gasteiger partial charge in [0, 0.05) is 17.1 Å². The number of rotatable bonds is 7. The van der Waals surface area contributed by atoms with Crippen molar-refractivity contribution in [1.29, 1.82) is 0 Å². The van der Waals surface area contributed by atoms with Crippen LogP contribution in [0.1, 0.15) is 35.7 Å². The lowest BCUT2D eigenvalue weighted by Gasteiger charge is -2.16. The first-order chi connectivity index (χ1) is 11.8. The SMILES string of the molecule is CC(=O)c1ccc(CC2(CNS(=O)(=O)c3ccc(Cl)cc3)CC2)cc1. The molecule has 1 saturated carbocycles. The fraction of sp³-hybridized carbons (Fsp3) is 0.316. The van der Waals surface area contributed by atoms with E-state index in [0.717, 1.165) is 24.8 Å². The van der Waals surface area contributed by atoms with Crippen molar-refractivity contribution >= 4 is 27.4 Å². The van der Waals surface area contributed by atoms with Gasteiger partial charge < -0.3 is 0 Å². The van der Waals surface area contributed by atoms with Crippen molar-refractivity contribution in [1.82, 2.24) is 4.72 Å². The van der Waals surface area contributed by atoms with Gasteiger partial charge in [0.05, 0.1) is 4.90 Å². The summed E-state index contributed by atoms with van der Waals surface area (Å²) in [6, 6.07) is 13.7. The van der Waals surface area contributed by atoms with Crippen molar-refractivity contribution in [3.8, 4) is 0 Å². The summed E-state index contributed by atoms with van der Waals surface area (Å²) in [4.78, 5) is 11.6. The van der Waals surface area contributed by atoms with E-state index in [4.69, 9.17) is 11.6 Å². The Morgan fingerprint density at radius 1 is 1.08 bits per heavy atom. The van der Waals surface area contributed by atoms with E-state index in [1.54, 1.807) is 19.1 Å². The summed E-state index contributed by atoms with van der Waals surface area (Å²) in [6.07, 6.45) is 2.78. The van der Waals surface area contributed by atoms with E-state index in [0.29, 0.717) is 17.1 Å². The van der Waals surface area contributed by atoms with Gasteiger partial charge in [-0.15, -0.1) is 0 Å². The fourth-order valence-corrected chi connectivity index (χ4v) is 4.11. The molecule has 1 aliphatic rings. The van der Waals surface area contributed by atoms with Crippen molar-refractivity contribution < 1.29 is 13.2 Å². The fourth-order valence-electron chi connectivity index (χ4n) is 2.83. The maximum Gasteiger partial charge on any atom is 0.240 e. The number of ketones is 1. The lowest BCUT2D eigenvalue weighted by molar-refractivity contribution is 0.101. The average Bonchev–Trinajstić information content (AvgIpc) is 3.34. The zero-order chi connectivity index (χ0) is 18.1. The molecule has 25 heavy (non-hydrogen) atoms. The number of nitrogens with one attached hydrogen (secondary N) is 1. The maximum atomic E-state index is 12.4. The molecule has 0 aromatic heterocycles. The van der Waals surface area contributed by atoms with Gasteiger partial charge in [-0.25, -0.2) is 13.1 Å². The van der Waals surface area contributed by atoms with Gasteiger partial charge in [0.2, 0.25) is 10.0 Å². The first-order valence-corrected chi connectivity index (χ1v) is 10.0. The van der Waals surface area contributed by atoms with Crippen LogP contribution in [0.15, 0.2) is 53.4 Å². The molecule has 0 atom stereocenters. The topological polar surface area (TPSA) is 63.2 Å². The molecular weight excluding hydrogens is 358 g/mol. The van der Waals surface area contributed by atoms with Crippen molar-refractivity contribution in [3.05, 3.63) is 64.7 Å². The van der Waals surface area contributed by atoms with Gasteiger partial charge in [-0.1, -0.05) is 35.9 Å². The number of hydrogen-bond donors (Lipinski definition) is 1. The lowest BCUT2D eigenvalue weighted by atomic mass is 9.96. The molecule has 0 bridgehead atoms.